The molecule has 0 fully saturated rings. The maximum absolute atomic E-state index is 12.8. The maximum Gasteiger partial charge on any atom is 0.313 e. The van der Waals surface area contributed by atoms with Gasteiger partial charge < -0.3 is 9.84 Å². The van der Waals surface area contributed by atoms with Crippen LogP contribution in [0.15, 0.2) is 24.3 Å². The third-order valence-electron chi connectivity index (χ3n) is 3.12. The average molecular weight is 336 g/mol. The fourth-order valence-corrected chi connectivity index (χ4v) is 1.93. The van der Waals surface area contributed by atoms with E-state index in [9.17, 15) is 23.6 Å². The normalized spacial score (nSPS) is 9.88. The minimum absolute atomic E-state index is 0.0724. The van der Waals surface area contributed by atoms with Crippen LogP contribution in [0.5, 0.6) is 0 Å². The second-order valence-corrected chi connectivity index (χ2v) is 5.03. The number of halogens is 1. The second-order valence-electron chi connectivity index (χ2n) is 5.03. The third-order valence-corrected chi connectivity index (χ3v) is 3.12. The molecule has 0 radical (unpaired) electrons. The molecular formula is C17H17FO6. The number of benzene rings is 1. The van der Waals surface area contributed by atoms with Gasteiger partial charge >= 0.3 is 17.9 Å². The Morgan fingerprint density at radius 2 is 1.50 bits per heavy atom. The molecule has 0 heterocycles. The number of allylic oxidation sites excluding steroid dienone is 1. The van der Waals surface area contributed by atoms with Gasteiger partial charge in [-0.3, -0.25) is 14.4 Å². The summed E-state index contributed by atoms with van der Waals surface area (Å²) in [5.41, 5.74) is 0.820. The van der Waals surface area contributed by atoms with Crippen molar-refractivity contribution in [3.8, 4) is 0 Å². The molecule has 0 aliphatic carbocycles. The minimum Gasteiger partial charge on any atom is -0.481 e. The molecular weight excluding hydrogens is 319 g/mol. The zero-order chi connectivity index (χ0) is 17.9. The summed E-state index contributed by atoms with van der Waals surface area (Å²) in [6, 6.07) is 5.33. The molecule has 0 amide bonds. The summed E-state index contributed by atoms with van der Waals surface area (Å²) >= 11 is 0. The van der Waals surface area contributed by atoms with E-state index in [-0.39, 0.29) is 38.5 Å². The number of ether oxygens (including phenoxy) is 1. The van der Waals surface area contributed by atoms with Crippen LogP contribution in [0.2, 0.25) is 0 Å². The highest BCUT2D eigenvalue weighted by Crippen LogP contribution is 2.18. The van der Waals surface area contributed by atoms with Crippen LogP contribution < -0.4 is 0 Å². The Kier molecular flexibility index (Phi) is 8.08. The van der Waals surface area contributed by atoms with Crippen molar-refractivity contribution in [1.29, 1.82) is 0 Å². The Balaban J connectivity index is 2.33. The van der Waals surface area contributed by atoms with E-state index in [1.165, 1.54) is 24.3 Å². The van der Waals surface area contributed by atoms with E-state index in [2.05, 4.69) is 4.74 Å². The fourth-order valence-electron chi connectivity index (χ4n) is 1.93. The summed E-state index contributed by atoms with van der Waals surface area (Å²) in [5.74, 6) is -1.20. The van der Waals surface area contributed by atoms with Crippen molar-refractivity contribution in [2.75, 3.05) is 0 Å². The van der Waals surface area contributed by atoms with E-state index in [0.29, 0.717) is 11.1 Å². The first kappa shape index (κ1) is 19.3. The maximum atomic E-state index is 12.8. The lowest BCUT2D eigenvalue weighted by molar-refractivity contribution is -0.159. The molecule has 6 nitrogen and oxygen atoms in total. The van der Waals surface area contributed by atoms with Gasteiger partial charge in [-0.05, 0) is 37.0 Å². The smallest absolute Gasteiger partial charge is 0.313 e. The van der Waals surface area contributed by atoms with Crippen LogP contribution in [0.3, 0.4) is 0 Å². The molecule has 128 valence electrons. The van der Waals surface area contributed by atoms with E-state index in [1.54, 1.807) is 5.94 Å². The molecule has 0 aromatic heterocycles. The molecule has 0 unspecified atom stereocenters. The molecule has 0 saturated carbocycles. The van der Waals surface area contributed by atoms with Crippen molar-refractivity contribution < 1.29 is 33.4 Å². The van der Waals surface area contributed by atoms with Crippen LogP contribution in [0, 0.1) is 5.82 Å². The van der Waals surface area contributed by atoms with Crippen LogP contribution in [0.1, 0.15) is 44.1 Å². The standard InChI is InChI=1S/C17H17FO6/c18-14-9-7-12(8-10-14)13(11-19)3-1-5-16(22)24-17(23)6-2-4-15(20)21/h7-10H,1-6H2,(H,20,21). The van der Waals surface area contributed by atoms with Crippen molar-refractivity contribution in [2.45, 2.75) is 38.5 Å². The molecule has 0 atom stereocenters. The topological polar surface area (TPSA) is 97.7 Å². The minimum atomic E-state index is -1.02. The molecule has 0 saturated heterocycles. The summed E-state index contributed by atoms with van der Waals surface area (Å²) in [4.78, 5) is 44.0. The van der Waals surface area contributed by atoms with Crippen molar-refractivity contribution in [2.24, 2.45) is 0 Å². The van der Waals surface area contributed by atoms with Crippen LogP contribution >= 0.6 is 0 Å². The zero-order valence-corrected chi connectivity index (χ0v) is 12.9. The van der Waals surface area contributed by atoms with Gasteiger partial charge in [0.15, 0.2) is 0 Å². The molecule has 1 N–H and O–H groups in total. The number of esters is 2. The Labute approximate surface area is 137 Å². The number of aliphatic carboxylic acids is 1. The van der Waals surface area contributed by atoms with Crippen molar-refractivity contribution in [3.05, 3.63) is 35.6 Å². The molecule has 1 aromatic rings. The van der Waals surface area contributed by atoms with Gasteiger partial charge in [0.2, 0.25) is 0 Å². The molecule has 1 rings (SSSR count). The monoisotopic (exact) mass is 336 g/mol. The van der Waals surface area contributed by atoms with Crippen LogP contribution in [0.4, 0.5) is 4.39 Å². The second kappa shape index (κ2) is 10.1. The number of carboxylic acid groups (broad SMARTS) is 1. The van der Waals surface area contributed by atoms with E-state index < -0.39 is 23.7 Å². The lowest BCUT2D eigenvalue weighted by Gasteiger charge is -2.04. The van der Waals surface area contributed by atoms with E-state index in [1.807, 2.05) is 0 Å². The summed E-state index contributed by atoms with van der Waals surface area (Å²) in [7, 11) is 0. The predicted molar refractivity (Wildman–Crippen MR) is 81.9 cm³/mol. The Bertz CT molecular complexity index is 644. The lowest BCUT2D eigenvalue weighted by atomic mass is 10.0. The molecule has 24 heavy (non-hydrogen) atoms. The summed E-state index contributed by atoms with van der Waals surface area (Å²) in [5, 5.41) is 8.44. The Morgan fingerprint density at radius 3 is 2.00 bits per heavy atom. The van der Waals surface area contributed by atoms with Gasteiger partial charge in [-0.1, -0.05) is 12.1 Å². The van der Waals surface area contributed by atoms with Gasteiger partial charge in [0.1, 0.15) is 11.8 Å². The molecule has 0 spiro atoms. The van der Waals surface area contributed by atoms with Crippen molar-refractivity contribution in [1.82, 2.24) is 0 Å². The van der Waals surface area contributed by atoms with Gasteiger partial charge in [0, 0.05) is 24.8 Å². The Morgan fingerprint density at radius 1 is 0.958 bits per heavy atom. The number of carbonyl (C=O) groups excluding carboxylic acids is 3. The highest BCUT2D eigenvalue weighted by Gasteiger charge is 2.12. The number of carboxylic acids is 1. The number of hydrogen-bond acceptors (Lipinski definition) is 5. The van der Waals surface area contributed by atoms with Gasteiger partial charge in [-0.2, -0.15) is 0 Å². The first-order valence-corrected chi connectivity index (χ1v) is 7.37. The first-order valence-electron chi connectivity index (χ1n) is 7.37. The number of hydrogen-bond donors (Lipinski definition) is 1. The van der Waals surface area contributed by atoms with Crippen LogP contribution in [-0.4, -0.2) is 29.0 Å². The summed E-state index contributed by atoms with van der Waals surface area (Å²) < 4.78 is 17.4. The lowest BCUT2D eigenvalue weighted by Crippen LogP contribution is -2.12. The SMILES string of the molecule is O=C=C(CCCC(=O)OC(=O)CCCC(=O)O)c1ccc(F)cc1. The van der Waals surface area contributed by atoms with Gasteiger partial charge in [0.05, 0.1) is 0 Å². The molecule has 7 heteroatoms. The van der Waals surface area contributed by atoms with E-state index in [0.717, 1.165) is 0 Å². The van der Waals surface area contributed by atoms with Gasteiger partial charge in [-0.15, -0.1) is 0 Å². The van der Waals surface area contributed by atoms with Crippen molar-refractivity contribution >= 4 is 29.4 Å². The zero-order valence-electron chi connectivity index (χ0n) is 12.9. The molecule has 0 aliphatic heterocycles. The van der Waals surface area contributed by atoms with E-state index in [4.69, 9.17) is 5.11 Å². The first-order chi connectivity index (χ1) is 11.4. The third kappa shape index (κ3) is 7.47. The number of rotatable bonds is 9. The Hall–Kier alpha value is -2.79. The van der Waals surface area contributed by atoms with Crippen molar-refractivity contribution in [3.63, 3.8) is 0 Å². The number of carbonyl (C=O) groups is 3. The van der Waals surface area contributed by atoms with Crippen LogP contribution in [-0.2, 0) is 23.9 Å². The van der Waals surface area contributed by atoms with E-state index >= 15 is 0 Å². The largest absolute Gasteiger partial charge is 0.481 e. The molecule has 1 aromatic carbocycles. The molecule has 0 aliphatic rings. The fraction of sp³-hybridized carbons (Fsp3) is 0.353. The predicted octanol–water partition coefficient (Wildman–Crippen LogP) is 2.54. The molecule has 0 bridgehead atoms. The van der Waals surface area contributed by atoms with Gasteiger partial charge in [0.25, 0.3) is 0 Å². The van der Waals surface area contributed by atoms with Crippen LogP contribution in [0.25, 0.3) is 5.57 Å². The quantitative estimate of drug-likeness (QED) is 0.423. The average Bonchev–Trinajstić information content (AvgIpc) is 2.52. The summed E-state index contributed by atoms with van der Waals surface area (Å²) in [6.45, 7) is 0. The van der Waals surface area contributed by atoms with Gasteiger partial charge in [-0.25, -0.2) is 9.18 Å². The highest BCUT2D eigenvalue weighted by atomic mass is 19.1. The highest BCUT2D eigenvalue weighted by molar-refractivity contribution is 5.88. The summed E-state index contributed by atoms with van der Waals surface area (Å²) in [6.07, 6.45) is 0.212.